The fourth-order valence-corrected chi connectivity index (χ4v) is 3.16. The van der Waals surface area contributed by atoms with Crippen LogP contribution < -0.4 is 10.1 Å². The van der Waals surface area contributed by atoms with Crippen molar-refractivity contribution in [2.45, 2.75) is 26.2 Å². The number of nitrogens with one attached hydrogen (secondary N) is 1. The highest BCUT2D eigenvalue weighted by molar-refractivity contribution is 6.05. The van der Waals surface area contributed by atoms with Crippen molar-refractivity contribution >= 4 is 29.1 Å². The summed E-state index contributed by atoms with van der Waals surface area (Å²) in [7, 11) is 1.47. The highest BCUT2D eigenvalue weighted by atomic mass is 16.5. The van der Waals surface area contributed by atoms with Gasteiger partial charge in [0.15, 0.2) is 18.2 Å². The van der Waals surface area contributed by atoms with E-state index in [2.05, 4.69) is 5.32 Å². The van der Waals surface area contributed by atoms with Gasteiger partial charge in [-0.15, -0.1) is 0 Å². The molecule has 0 saturated heterocycles. The number of Topliss-reactive ketones (excluding diaryl/α,β-unsaturated/α-hetero) is 2. The van der Waals surface area contributed by atoms with E-state index in [9.17, 15) is 19.2 Å². The maximum Gasteiger partial charge on any atom is 0.310 e. The van der Waals surface area contributed by atoms with Crippen LogP contribution in [-0.4, -0.2) is 37.2 Å². The van der Waals surface area contributed by atoms with Crippen LogP contribution in [0.15, 0.2) is 36.4 Å². The molecule has 1 amide bonds. The number of rotatable bonds is 7. The average molecular weight is 395 g/mol. The second-order valence-electron chi connectivity index (χ2n) is 6.86. The Morgan fingerprint density at radius 3 is 2.48 bits per heavy atom. The number of hydrogen-bond donors (Lipinski definition) is 1. The third-order valence-corrected chi connectivity index (χ3v) is 4.88. The van der Waals surface area contributed by atoms with Crippen LogP contribution in [0.3, 0.4) is 0 Å². The minimum absolute atomic E-state index is 0.113. The molecule has 0 unspecified atom stereocenters. The minimum atomic E-state index is -0.608. The molecular weight excluding hydrogens is 374 g/mol. The van der Waals surface area contributed by atoms with Gasteiger partial charge in [0.25, 0.3) is 0 Å². The van der Waals surface area contributed by atoms with E-state index < -0.39 is 12.6 Å². The molecule has 7 nitrogen and oxygen atoms in total. The van der Waals surface area contributed by atoms with Gasteiger partial charge in [-0.2, -0.15) is 0 Å². The highest BCUT2D eigenvalue weighted by Gasteiger charge is 2.27. The second kappa shape index (κ2) is 8.26. The molecule has 1 aliphatic heterocycles. The van der Waals surface area contributed by atoms with Crippen molar-refractivity contribution < 1.29 is 28.7 Å². The maximum atomic E-state index is 12.4. The summed E-state index contributed by atoms with van der Waals surface area (Å²) in [5.41, 5.74) is 2.77. The molecule has 1 N–H and O–H groups in total. The number of carbonyl (C=O) groups excluding carboxylic acids is 4. The number of methoxy groups -OCH3 is 1. The Labute approximate surface area is 168 Å². The summed E-state index contributed by atoms with van der Waals surface area (Å²) in [5.74, 6) is -1.08. The fraction of sp³-hybridized carbons (Fsp3) is 0.273. The molecule has 7 heteroatoms. The number of anilines is 1. The number of amides is 1. The van der Waals surface area contributed by atoms with Gasteiger partial charge in [-0.05, 0) is 55.8 Å². The first-order chi connectivity index (χ1) is 13.8. The molecule has 0 saturated carbocycles. The molecule has 2 aromatic carbocycles. The molecule has 0 fully saturated rings. The Morgan fingerprint density at radius 2 is 1.79 bits per heavy atom. The summed E-state index contributed by atoms with van der Waals surface area (Å²) >= 11 is 0. The Morgan fingerprint density at radius 1 is 1.07 bits per heavy atom. The molecule has 0 spiro atoms. The van der Waals surface area contributed by atoms with Crippen LogP contribution in [-0.2, 0) is 20.7 Å². The normalized spacial score (nSPS) is 14.7. The lowest BCUT2D eigenvalue weighted by Gasteiger charge is -2.10. The van der Waals surface area contributed by atoms with Crippen LogP contribution in [0.25, 0.3) is 0 Å². The number of benzene rings is 2. The molecule has 0 radical (unpaired) electrons. The van der Waals surface area contributed by atoms with Crippen LogP contribution in [0.1, 0.15) is 51.6 Å². The van der Waals surface area contributed by atoms with Gasteiger partial charge < -0.3 is 14.8 Å². The first kappa shape index (κ1) is 20.3. The van der Waals surface area contributed by atoms with E-state index in [4.69, 9.17) is 9.47 Å². The van der Waals surface area contributed by atoms with E-state index >= 15 is 0 Å². The average Bonchev–Trinajstić information content (AvgIpc) is 2.99. The van der Waals surface area contributed by atoms with Crippen LogP contribution in [0.5, 0.6) is 5.75 Å². The summed E-state index contributed by atoms with van der Waals surface area (Å²) in [6.45, 7) is 2.78. The predicted molar refractivity (Wildman–Crippen MR) is 105 cm³/mol. The molecule has 2 aromatic rings. The van der Waals surface area contributed by atoms with Gasteiger partial charge in [0.05, 0.1) is 19.4 Å². The number of carbonyl (C=O) groups is 4. The lowest BCUT2D eigenvalue weighted by atomic mass is 9.99. The minimum Gasteiger partial charge on any atom is -0.496 e. The smallest absolute Gasteiger partial charge is 0.310 e. The van der Waals surface area contributed by atoms with Crippen molar-refractivity contribution in [3.63, 3.8) is 0 Å². The summed E-state index contributed by atoms with van der Waals surface area (Å²) in [6.07, 6.45) is -0.128. The van der Waals surface area contributed by atoms with E-state index in [1.807, 2.05) is 0 Å². The van der Waals surface area contributed by atoms with E-state index in [-0.39, 0.29) is 29.8 Å². The van der Waals surface area contributed by atoms with Gasteiger partial charge in [0.1, 0.15) is 5.75 Å². The van der Waals surface area contributed by atoms with E-state index in [0.717, 1.165) is 5.56 Å². The van der Waals surface area contributed by atoms with Crippen molar-refractivity contribution in [3.05, 3.63) is 58.7 Å². The Hall–Kier alpha value is -3.48. The van der Waals surface area contributed by atoms with Crippen LogP contribution >= 0.6 is 0 Å². The SMILES string of the molecule is COc1ccc(C(C)=O)cc1CC(=O)OCC(=O)c1ccc2c(c1)[C@H](C)C(=O)N2. The monoisotopic (exact) mass is 395 g/mol. The van der Waals surface area contributed by atoms with Gasteiger partial charge in [0.2, 0.25) is 5.91 Å². The summed E-state index contributed by atoms with van der Waals surface area (Å²) in [5, 5.41) is 2.74. The number of hydrogen-bond acceptors (Lipinski definition) is 6. The van der Waals surface area contributed by atoms with Gasteiger partial charge in [0, 0.05) is 22.4 Å². The number of ether oxygens (including phenoxy) is 2. The van der Waals surface area contributed by atoms with Gasteiger partial charge in [-0.25, -0.2) is 0 Å². The van der Waals surface area contributed by atoms with Gasteiger partial charge in [-0.3, -0.25) is 19.2 Å². The lowest BCUT2D eigenvalue weighted by Crippen LogP contribution is -2.16. The zero-order chi connectivity index (χ0) is 21.1. The molecule has 0 bridgehead atoms. The molecule has 0 aromatic heterocycles. The molecule has 3 rings (SSSR count). The zero-order valence-electron chi connectivity index (χ0n) is 16.4. The lowest BCUT2D eigenvalue weighted by molar-refractivity contribution is -0.141. The summed E-state index contributed by atoms with van der Waals surface area (Å²) < 4.78 is 10.3. The number of esters is 1. The van der Waals surface area contributed by atoms with Crippen molar-refractivity contribution in [1.82, 2.24) is 0 Å². The van der Waals surface area contributed by atoms with Crippen LogP contribution in [0.2, 0.25) is 0 Å². The molecule has 150 valence electrons. The topological polar surface area (TPSA) is 98.8 Å². The summed E-state index contributed by atoms with van der Waals surface area (Å²) in [4.78, 5) is 47.9. The van der Waals surface area contributed by atoms with Crippen molar-refractivity contribution in [1.29, 1.82) is 0 Å². The highest BCUT2D eigenvalue weighted by Crippen LogP contribution is 2.32. The molecular formula is C22H21NO6. The van der Waals surface area contributed by atoms with E-state index in [1.54, 1.807) is 43.3 Å². The third-order valence-electron chi connectivity index (χ3n) is 4.88. The molecule has 1 aliphatic rings. The quantitative estimate of drug-likeness (QED) is 0.572. The van der Waals surface area contributed by atoms with E-state index in [0.29, 0.717) is 28.1 Å². The van der Waals surface area contributed by atoms with Crippen LogP contribution in [0.4, 0.5) is 5.69 Å². The standard InChI is InChI=1S/C22H21NO6/c1-12-17-9-15(4-6-18(17)23-22(12)27)19(25)11-29-21(26)10-16-8-14(13(2)24)5-7-20(16)28-3/h4-9,12H,10-11H2,1-3H3,(H,23,27)/t12-/m0/s1. The molecule has 1 atom stereocenters. The predicted octanol–water partition coefficient (Wildman–Crippen LogP) is 2.92. The molecule has 0 aliphatic carbocycles. The molecule has 1 heterocycles. The van der Waals surface area contributed by atoms with E-state index in [1.165, 1.54) is 14.0 Å². The number of fused-ring (bicyclic) bond motifs is 1. The van der Waals surface area contributed by atoms with Crippen molar-refractivity contribution in [3.8, 4) is 5.75 Å². The zero-order valence-corrected chi connectivity index (χ0v) is 16.4. The summed E-state index contributed by atoms with van der Waals surface area (Å²) in [6, 6.07) is 9.72. The largest absolute Gasteiger partial charge is 0.496 e. The third kappa shape index (κ3) is 4.34. The fourth-order valence-electron chi connectivity index (χ4n) is 3.16. The second-order valence-corrected chi connectivity index (χ2v) is 6.86. The Kier molecular flexibility index (Phi) is 5.77. The number of ketones is 2. The first-order valence-corrected chi connectivity index (χ1v) is 9.11. The molecule has 29 heavy (non-hydrogen) atoms. The van der Waals surface area contributed by atoms with Crippen LogP contribution in [0, 0.1) is 0 Å². The first-order valence-electron chi connectivity index (χ1n) is 9.11. The van der Waals surface area contributed by atoms with Crippen molar-refractivity contribution in [2.75, 3.05) is 19.0 Å². The van der Waals surface area contributed by atoms with Crippen molar-refractivity contribution in [2.24, 2.45) is 0 Å². The maximum absolute atomic E-state index is 12.4. The Bertz CT molecular complexity index is 1010. The van der Waals surface area contributed by atoms with Gasteiger partial charge in [-0.1, -0.05) is 0 Å². The Balaban J connectivity index is 1.64. The van der Waals surface area contributed by atoms with Gasteiger partial charge >= 0.3 is 5.97 Å².